The highest BCUT2D eigenvalue weighted by Crippen LogP contribution is 2.25. The minimum Gasteiger partial charge on any atom is -0.398 e. The van der Waals surface area contributed by atoms with Crippen LogP contribution in [-0.2, 0) is 4.79 Å². The zero-order valence-corrected chi connectivity index (χ0v) is 12.9. The van der Waals surface area contributed by atoms with Gasteiger partial charge in [-0.2, -0.15) is 0 Å². The Kier molecular flexibility index (Phi) is 7.44. The van der Waals surface area contributed by atoms with Gasteiger partial charge < -0.3 is 11.1 Å². The molecule has 1 atom stereocenters. The fourth-order valence-corrected chi connectivity index (χ4v) is 2.67. The van der Waals surface area contributed by atoms with Crippen molar-refractivity contribution in [1.29, 1.82) is 0 Å². The van der Waals surface area contributed by atoms with Crippen molar-refractivity contribution in [3.63, 3.8) is 0 Å². The molecule has 0 aliphatic carbocycles. The number of nitrogens with one attached hydrogen (secondary N) is 1. The van der Waals surface area contributed by atoms with E-state index in [1.54, 1.807) is 0 Å². The van der Waals surface area contributed by atoms with Gasteiger partial charge >= 0.3 is 0 Å². The second-order valence-electron chi connectivity index (χ2n) is 4.94. The van der Waals surface area contributed by atoms with Crippen LogP contribution in [-0.4, -0.2) is 17.7 Å². The van der Waals surface area contributed by atoms with E-state index >= 15 is 0 Å². The predicted octanol–water partition coefficient (Wildman–Crippen LogP) is 3.59. The van der Waals surface area contributed by atoms with Crippen LogP contribution in [0.1, 0.15) is 39.5 Å². The molecule has 0 bridgehead atoms. The number of halogens is 1. The van der Waals surface area contributed by atoms with Crippen molar-refractivity contribution in [3.05, 3.63) is 24.0 Å². The van der Waals surface area contributed by atoms with E-state index in [4.69, 9.17) is 5.73 Å². The number of anilines is 1. The van der Waals surface area contributed by atoms with Crippen LogP contribution < -0.4 is 11.1 Å². The summed E-state index contributed by atoms with van der Waals surface area (Å²) in [4.78, 5) is 12.4. The lowest BCUT2D eigenvalue weighted by Gasteiger charge is -2.13. The Morgan fingerprint density at radius 3 is 2.90 bits per heavy atom. The number of hydrogen-bond donors (Lipinski definition) is 2. The van der Waals surface area contributed by atoms with Gasteiger partial charge in [-0.05, 0) is 31.5 Å². The maximum Gasteiger partial charge on any atom is 0.230 e. The van der Waals surface area contributed by atoms with Crippen LogP contribution in [0.5, 0.6) is 0 Å². The van der Waals surface area contributed by atoms with Gasteiger partial charge in [-0.1, -0.05) is 26.2 Å². The highest BCUT2D eigenvalue weighted by Gasteiger charge is 2.09. The van der Waals surface area contributed by atoms with E-state index in [1.165, 1.54) is 42.8 Å². The summed E-state index contributed by atoms with van der Waals surface area (Å²) in [5.74, 6) is -0.121. The number of hydrogen-bond acceptors (Lipinski definition) is 3. The summed E-state index contributed by atoms with van der Waals surface area (Å²) in [6, 6.07) is 4.37. The molecule has 112 valence electrons. The van der Waals surface area contributed by atoms with Crippen LogP contribution in [0.25, 0.3) is 0 Å². The van der Waals surface area contributed by atoms with Gasteiger partial charge in [0.15, 0.2) is 0 Å². The van der Waals surface area contributed by atoms with E-state index in [2.05, 4.69) is 12.2 Å². The number of carbonyl (C=O) groups excluding carboxylic acids is 1. The molecule has 3 nitrogen and oxygen atoms in total. The highest BCUT2D eigenvalue weighted by atomic mass is 32.2. The van der Waals surface area contributed by atoms with Crippen LogP contribution in [0.4, 0.5) is 10.1 Å². The first-order valence-electron chi connectivity index (χ1n) is 7.00. The summed E-state index contributed by atoms with van der Waals surface area (Å²) < 4.78 is 13.1. The molecule has 0 aliphatic rings. The summed E-state index contributed by atoms with van der Waals surface area (Å²) >= 11 is 1.26. The SMILES string of the molecule is CCCCCC(C)NC(=O)CSc1cc(F)ccc1N. The molecule has 0 heterocycles. The third-order valence-corrected chi connectivity index (χ3v) is 4.05. The fourth-order valence-electron chi connectivity index (χ4n) is 1.87. The van der Waals surface area contributed by atoms with Gasteiger partial charge in [-0.25, -0.2) is 4.39 Å². The zero-order chi connectivity index (χ0) is 15.0. The highest BCUT2D eigenvalue weighted by molar-refractivity contribution is 8.00. The minimum atomic E-state index is -0.338. The molecule has 0 aromatic heterocycles. The third-order valence-electron chi connectivity index (χ3n) is 2.98. The van der Waals surface area contributed by atoms with Gasteiger partial charge in [0, 0.05) is 16.6 Å². The Morgan fingerprint density at radius 1 is 1.45 bits per heavy atom. The van der Waals surface area contributed by atoms with Crippen LogP contribution in [0.2, 0.25) is 0 Å². The van der Waals surface area contributed by atoms with Gasteiger partial charge in [0.1, 0.15) is 5.82 Å². The lowest BCUT2D eigenvalue weighted by Crippen LogP contribution is -2.33. The van der Waals surface area contributed by atoms with E-state index in [9.17, 15) is 9.18 Å². The number of nitrogens with two attached hydrogens (primary N) is 1. The standard InChI is InChI=1S/C15H23FN2OS/c1-3-4-5-6-11(2)18-15(19)10-20-14-9-12(16)7-8-13(14)17/h7-9,11H,3-6,10,17H2,1-2H3,(H,18,19). The van der Waals surface area contributed by atoms with Gasteiger partial charge in [0.25, 0.3) is 0 Å². The largest absolute Gasteiger partial charge is 0.398 e. The van der Waals surface area contributed by atoms with Crippen molar-refractivity contribution >= 4 is 23.4 Å². The molecule has 0 fully saturated rings. The first-order chi connectivity index (χ1) is 9.52. The van der Waals surface area contributed by atoms with Crippen molar-refractivity contribution in [2.45, 2.75) is 50.5 Å². The van der Waals surface area contributed by atoms with E-state index < -0.39 is 0 Å². The number of nitrogen functional groups attached to an aromatic ring is 1. The van der Waals surface area contributed by atoms with Gasteiger partial charge in [-0.15, -0.1) is 11.8 Å². The Bertz CT molecular complexity index is 440. The van der Waals surface area contributed by atoms with Gasteiger partial charge in [-0.3, -0.25) is 4.79 Å². The van der Waals surface area contributed by atoms with E-state index in [1.807, 2.05) is 6.92 Å². The van der Waals surface area contributed by atoms with Crippen LogP contribution in [0, 0.1) is 5.82 Å². The second-order valence-corrected chi connectivity index (χ2v) is 5.95. The van der Waals surface area contributed by atoms with E-state index in [-0.39, 0.29) is 23.5 Å². The lowest BCUT2D eigenvalue weighted by molar-refractivity contribution is -0.119. The molecular formula is C15H23FN2OS. The molecule has 20 heavy (non-hydrogen) atoms. The predicted molar refractivity (Wildman–Crippen MR) is 83.3 cm³/mol. The van der Waals surface area contributed by atoms with Crippen molar-refractivity contribution < 1.29 is 9.18 Å². The second kappa shape index (κ2) is 8.84. The summed E-state index contributed by atoms with van der Waals surface area (Å²) in [5, 5.41) is 2.95. The molecule has 0 spiro atoms. The Labute approximate surface area is 124 Å². The number of amides is 1. The molecule has 0 radical (unpaired) electrons. The fraction of sp³-hybridized carbons (Fsp3) is 0.533. The lowest BCUT2D eigenvalue weighted by atomic mass is 10.1. The maximum absolute atomic E-state index is 13.1. The molecule has 0 aliphatic heterocycles. The molecule has 0 saturated carbocycles. The number of thioether (sulfide) groups is 1. The normalized spacial score (nSPS) is 12.2. The molecule has 0 saturated heterocycles. The monoisotopic (exact) mass is 298 g/mol. The Balaban J connectivity index is 2.34. The van der Waals surface area contributed by atoms with Crippen molar-refractivity contribution in [2.75, 3.05) is 11.5 Å². The molecule has 1 aromatic rings. The van der Waals surface area contributed by atoms with Crippen molar-refractivity contribution in [3.8, 4) is 0 Å². The van der Waals surface area contributed by atoms with Gasteiger partial charge in [0.05, 0.1) is 5.75 Å². The first kappa shape index (κ1) is 16.8. The Morgan fingerprint density at radius 2 is 2.20 bits per heavy atom. The van der Waals surface area contributed by atoms with Gasteiger partial charge in [0.2, 0.25) is 5.91 Å². The third kappa shape index (κ3) is 6.28. The number of rotatable bonds is 8. The van der Waals surface area contributed by atoms with E-state index in [0.29, 0.717) is 10.6 Å². The molecular weight excluding hydrogens is 275 g/mol. The summed E-state index contributed by atoms with van der Waals surface area (Å²) in [6.45, 7) is 4.16. The molecule has 1 amide bonds. The average molecular weight is 298 g/mol. The summed E-state index contributed by atoms with van der Waals surface area (Å²) in [6.07, 6.45) is 4.48. The molecule has 1 aromatic carbocycles. The molecule has 1 rings (SSSR count). The topological polar surface area (TPSA) is 55.1 Å². The maximum atomic E-state index is 13.1. The van der Waals surface area contributed by atoms with Crippen molar-refractivity contribution in [2.24, 2.45) is 0 Å². The van der Waals surface area contributed by atoms with E-state index in [0.717, 1.165) is 12.8 Å². The quantitative estimate of drug-likeness (QED) is 0.438. The zero-order valence-electron chi connectivity index (χ0n) is 12.1. The average Bonchev–Trinajstić information content (AvgIpc) is 2.40. The summed E-state index contributed by atoms with van der Waals surface area (Å²) in [7, 11) is 0. The molecule has 5 heteroatoms. The first-order valence-corrected chi connectivity index (χ1v) is 7.98. The number of unbranched alkanes of at least 4 members (excludes halogenated alkanes) is 2. The van der Waals surface area contributed by atoms with Crippen LogP contribution >= 0.6 is 11.8 Å². The molecule has 1 unspecified atom stereocenters. The number of carbonyl (C=O) groups is 1. The molecule has 3 N–H and O–H groups in total. The Hall–Kier alpha value is -1.23. The summed E-state index contributed by atoms with van der Waals surface area (Å²) in [5.41, 5.74) is 6.24. The number of benzene rings is 1. The van der Waals surface area contributed by atoms with Crippen molar-refractivity contribution in [1.82, 2.24) is 5.32 Å². The van der Waals surface area contributed by atoms with Crippen LogP contribution in [0.15, 0.2) is 23.1 Å². The smallest absolute Gasteiger partial charge is 0.230 e. The van der Waals surface area contributed by atoms with Crippen LogP contribution in [0.3, 0.4) is 0 Å². The minimum absolute atomic E-state index is 0.0392.